The Labute approximate surface area is 123 Å². The Balaban J connectivity index is 1.81. The normalized spacial score (nSPS) is 10.5. The van der Waals surface area contributed by atoms with E-state index in [2.05, 4.69) is 25.7 Å². The standard InChI is InChI=1S/C11H14N6O3S/c1-17-10(19)7(5-13-11(17)20)4-8(18)12-2-3-21-9-6-14-16-15-9/h5-6H,2-4H2,1H3,(H,12,18)(H,13,20)(H,14,15,16). The molecule has 0 aliphatic rings. The van der Waals surface area contributed by atoms with E-state index in [-0.39, 0.29) is 17.9 Å². The van der Waals surface area contributed by atoms with Crippen molar-refractivity contribution in [1.29, 1.82) is 0 Å². The van der Waals surface area contributed by atoms with Crippen LogP contribution < -0.4 is 16.6 Å². The number of nitrogens with zero attached hydrogens (tertiary/aromatic N) is 3. The molecule has 3 N–H and O–H groups in total. The Morgan fingerprint density at radius 3 is 3.00 bits per heavy atom. The minimum atomic E-state index is -0.506. The van der Waals surface area contributed by atoms with Crippen LogP contribution >= 0.6 is 11.8 Å². The van der Waals surface area contributed by atoms with E-state index < -0.39 is 11.2 Å². The van der Waals surface area contributed by atoms with Crippen molar-refractivity contribution in [3.63, 3.8) is 0 Å². The van der Waals surface area contributed by atoms with Crippen LogP contribution in [0.5, 0.6) is 0 Å². The molecule has 0 aliphatic carbocycles. The predicted octanol–water partition coefficient (Wildman–Crippen LogP) is -1.36. The molecule has 2 aromatic rings. The maximum Gasteiger partial charge on any atom is 0.328 e. The van der Waals surface area contributed by atoms with Crippen molar-refractivity contribution < 1.29 is 4.79 Å². The summed E-state index contributed by atoms with van der Waals surface area (Å²) in [5.74, 6) is 0.363. The summed E-state index contributed by atoms with van der Waals surface area (Å²) >= 11 is 1.45. The van der Waals surface area contributed by atoms with Gasteiger partial charge in [0.05, 0.1) is 12.6 Å². The molecule has 1 amide bonds. The van der Waals surface area contributed by atoms with E-state index in [4.69, 9.17) is 0 Å². The molecular formula is C11H14N6O3S. The molecule has 0 spiro atoms. The van der Waals surface area contributed by atoms with Crippen LogP contribution in [0.1, 0.15) is 5.56 Å². The number of hydrogen-bond acceptors (Lipinski definition) is 6. The highest BCUT2D eigenvalue weighted by atomic mass is 32.2. The smallest absolute Gasteiger partial charge is 0.328 e. The van der Waals surface area contributed by atoms with Gasteiger partial charge in [0.2, 0.25) is 5.91 Å². The van der Waals surface area contributed by atoms with Crippen LogP contribution in [0, 0.1) is 0 Å². The number of carbonyl (C=O) groups excluding carboxylic acids is 1. The summed E-state index contributed by atoms with van der Waals surface area (Å²) in [5, 5.41) is 13.5. The molecule has 0 aromatic carbocycles. The highest BCUT2D eigenvalue weighted by Gasteiger charge is 2.09. The molecule has 9 nitrogen and oxygen atoms in total. The molecule has 0 unspecified atom stereocenters. The van der Waals surface area contributed by atoms with Crippen LogP contribution in [-0.4, -0.2) is 43.2 Å². The van der Waals surface area contributed by atoms with E-state index in [1.54, 1.807) is 6.20 Å². The number of rotatable bonds is 6. The van der Waals surface area contributed by atoms with Gasteiger partial charge in [-0.15, -0.1) is 16.9 Å². The number of nitrogens with one attached hydrogen (secondary N) is 3. The molecule has 0 fully saturated rings. The predicted molar refractivity (Wildman–Crippen MR) is 76.1 cm³/mol. The van der Waals surface area contributed by atoms with Crippen molar-refractivity contribution in [3.05, 3.63) is 38.8 Å². The van der Waals surface area contributed by atoms with Crippen molar-refractivity contribution in [2.24, 2.45) is 7.05 Å². The lowest BCUT2D eigenvalue weighted by Gasteiger charge is -2.05. The lowest BCUT2D eigenvalue weighted by atomic mass is 10.2. The second-order valence-electron chi connectivity index (χ2n) is 4.17. The Hall–Kier alpha value is -2.36. The van der Waals surface area contributed by atoms with E-state index in [0.29, 0.717) is 12.3 Å². The molecule has 0 atom stereocenters. The molecule has 0 saturated carbocycles. The Morgan fingerprint density at radius 1 is 1.48 bits per heavy atom. The third-order valence-electron chi connectivity index (χ3n) is 2.67. The summed E-state index contributed by atoms with van der Waals surface area (Å²) in [6, 6.07) is 0. The largest absolute Gasteiger partial charge is 0.355 e. The van der Waals surface area contributed by atoms with Gasteiger partial charge in [-0.25, -0.2) is 4.79 Å². The quantitative estimate of drug-likeness (QED) is 0.447. The van der Waals surface area contributed by atoms with Gasteiger partial charge in [0.25, 0.3) is 5.56 Å². The topological polar surface area (TPSA) is 126 Å². The highest BCUT2D eigenvalue weighted by molar-refractivity contribution is 7.99. The van der Waals surface area contributed by atoms with Gasteiger partial charge in [-0.2, -0.15) is 10.3 Å². The maximum atomic E-state index is 11.8. The second kappa shape index (κ2) is 6.88. The fourth-order valence-electron chi connectivity index (χ4n) is 1.58. The number of aromatic amines is 2. The van der Waals surface area contributed by atoms with Crippen molar-refractivity contribution >= 4 is 17.7 Å². The average molecular weight is 310 g/mol. The molecule has 0 bridgehead atoms. The number of carbonyl (C=O) groups is 1. The number of hydrogen-bond donors (Lipinski definition) is 3. The van der Waals surface area contributed by atoms with Gasteiger partial charge in [-0.05, 0) is 0 Å². The third kappa shape index (κ3) is 4.05. The molecule has 0 radical (unpaired) electrons. The molecular weight excluding hydrogens is 296 g/mol. The van der Waals surface area contributed by atoms with Crippen molar-refractivity contribution in [1.82, 2.24) is 30.3 Å². The molecule has 0 aliphatic heterocycles. The van der Waals surface area contributed by atoms with Gasteiger partial charge in [-0.1, -0.05) is 0 Å². The van der Waals surface area contributed by atoms with E-state index in [1.165, 1.54) is 25.0 Å². The van der Waals surface area contributed by atoms with Crippen LogP contribution in [0.3, 0.4) is 0 Å². The fourth-order valence-corrected chi connectivity index (χ4v) is 2.23. The molecule has 2 aromatic heterocycles. The highest BCUT2D eigenvalue weighted by Crippen LogP contribution is 2.10. The second-order valence-corrected chi connectivity index (χ2v) is 5.28. The zero-order chi connectivity index (χ0) is 15.2. The first-order chi connectivity index (χ1) is 10.1. The zero-order valence-electron chi connectivity index (χ0n) is 11.3. The first-order valence-corrected chi connectivity index (χ1v) is 7.09. The minimum Gasteiger partial charge on any atom is -0.355 e. The maximum absolute atomic E-state index is 11.8. The van der Waals surface area contributed by atoms with Crippen LogP contribution in [0.15, 0.2) is 27.0 Å². The zero-order valence-corrected chi connectivity index (χ0v) is 12.1. The van der Waals surface area contributed by atoms with Crippen LogP contribution in [0.25, 0.3) is 0 Å². The monoisotopic (exact) mass is 310 g/mol. The summed E-state index contributed by atoms with van der Waals surface area (Å²) in [4.78, 5) is 37.1. The Bertz CT molecular complexity index is 720. The van der Waals surface area contributed by atoms with Crippen molar-refractivity contribution in [2.75, 3.05) is 12.3 Å². The Kier molecular flexibility index (Phi) is 4.93. The first-order valence-electron chi connectivity index (χ1n) is 6.11. The van der Waals surface area contributed by atoms with E-state index in [9.17, 15) is 14.4 Å². The lowest BCUT2D eigenvalue weighted by molar-refractivity contribution is -0.120. The summed E-state index contributed by atoms with van der Waals surface area (Å²) in [7, 11) is 1.36. The van der Waals surface area contributed by atoms with Gasteiger partial charge >= 0.3 is 5.69 Å². The number of H-pyrrole nitrogens is 2. The SMILES string of the molecule is Cn1c(=O)[nH]cc(CC(=O)NCCSc2cn[nH]n2)c1=O. The average Bonchev–Trinajstić information content (AvgIpc) is 2.98. The molecule has 0 saturated heterocycles. The van der Waals surface area contributed by atoms with Crippen molar-refractivity contribution in [2.45, 2.75) is 11.4 Å². The fraction of sp³-hybridized carbons (Fsp3) is 0.364. The van der Waals surface area contributed by atoms with Crippen LogP contribution in [0.2, 0.25) is 0 Å². The van der Waals surface area contributed by atoms with Gasteiger partial charge < -0.3 is 10.3 Å². The molecule has 10 heteroatoms. The molecule has 2 rings (SSSR count). The number of aromatic nitrogens is 5. The summed E-state index contributed by atoms with van der Waals surface area (Å²) in [5.41, 5.74) is -0.724. The van der Waals surface area contributed by atoms with Crippen LogP contribution in [-0.2, 0) is 18.3 Å². The van der Waals surface area contributed by atoms with Gasteiger partial charge in [0.15, 0.2) is 0 Å². The number of thioether (sulfide) groups is 1. The Morgan fingerprint density at radius 2 is 2.29 bits per heavy atom. The van der Waals surface area contributed by atoms with Crippen LogP contribution in [0.4, 0.5) is 0 Å². The van der Waals surface area contributed by atoms with Gasteiger partial charge in [-0.3, -0.25) is 14.2 Å². The van der Waals surface area contributed by atoms with E-state index in [0.717, 1.165) is 9.59 Å². The summed E-state index contributed by atoms with van der Waals surface area (Å²) in [6.45, 7) is 0.444. The number of amides is 1. The van der Waals surface area contributed by atoms with Gasteiger partial charge in [0.1, 0.15) is 5.03 Å². The van der Waals surface area contributed by atoms with Gasteiger partial charge in [0, 0.05) is 31.1 Å². The third-order valence-corrected chi connectivity index (χ3v) is 3.57. The van der Waals surface area contributed by atoms with E-state index in [1.807, 2.05) is 0 Å². The van der Waals surface area contributed by atoms with E-state index >= 15 is 0 Å². The first kappa shape index (κ1) is 15.0. The molecule has 112 valence electrons. The lowest BCUT2D eigenvalue weighted by Crippen LogP contribution is -2.36. The summed E-state index contributed by atoms with van der Waals surface area (Å²) in [6.07, 6.45) is 2.79. The minimum absolute atomic E-state index is 0.0713. The van der Waals surface area contributed by atoms with Crippen molar-refractivity contribution in [3.8, 4) is 0 Å². The molecule has 2 heterocycles. The summed E-state index contributed by atoms with van der Waals surface area (Å²) < 4.78 is 0.934. The molecule has 21 heavy (non-hydrogen) atoms.